The minimum absolute atomic E-state index is 0.0154. The molecule has 3 rings (SSSR count). The molecule has 0 saturated carbocycles. The van der Waals surface area contributed by atoms with Gasteiger partial charge >= 0.3 is 0 Å². The second kappa shape index (κ2) is 8.91. The maximum absolute atomic E-state index is 12.4. The molecule has 2 aromatic rings. The van der Waals surface area contributed by atoms with Gasteiger partial charge in [-0.15, -0.1) is 11.3 Å². The van der Waals surface area contributed by atoms with Gasteiger partial charge < -0.3 is 20.3 Å². The van der Waals surface area contributed by atoms with Gasteiger partial charge in [0.05, 0.1) is 26.5 Å². The molecule has 148 valence electrons. The van der Waals surface area contributed by atoms with Crippen LogP contribution in [0.2, 0.25) is 9.36 Å². The Labute approximate surface area is 175 Å². The van der Waals surface area contributed by atoms with E-state index in [-0.39, 0.29) is 18.4 Å². The van der Waals surface area contributed by atoms with Crippen LogP contribution in [-0.2, 0) is 14.3 Å². The Morgan fingerprint density at radius 1 is 1.25 bits per heavy atom. The summed E-state index contributed by atoms with van der Waals surface area (Å²) in [5.41, 5.74) is 1.02. The molecule has 1 aliphatic rings. The highest BCUT2D eigenvalue weighted by Gasteiger charge is 2.23. The number of morpholine rings is 1. The fourth-order valence-corrected chi connectivity index (χ4v) is 3.83. The molecule has 0 unspecified atom stereocenters. The zero-order valence-electron chi connectivity index (χ0n) is 14.8. The van der Waals surface area contributed by atoms with Gasteiger partial charge in [-0.3, -0.25) is 14.4 Å². The monoisotopic (exact) mass is 441 g/mol. The molecule has 0 aliphatic carbocycles. The van der Waals surface area contributed by atoms with Crippen molar-refractivity contribution in [3.63, 3.8) is 0 Å². The van der Waals surface area contributed by atoms with E-state index in [2.05, 4.69) is 10.6 Å². The van der Waals surface area contributed by atoms with E-state index in [0.717, 1.165) is 11.3 Å². The molecule has 1 aliphatic heterocycles. The van der Waals surface area contributed by atoms with Crippen molar-refractivity contribution < 1.29 is 19.1 Å². The van der Waals surface area contributed by atoms with Gasteiger partial charge in [-0.2, -0.15) is 0 Å². The predicted molar refractivity (Wildman–Crippen MR) is 110 cm³/mol. The summed E-state index contributed by atoms with van der Waals surface area (Å²) in [6.45, 7) is 2.44. The van der Waals surface area contributed by atoms with E-state index in [4.69, 9.17) is 27.9 Å². The molecule has 1 aromatic heterocycles. The summed E-state index contributed by atoms with van der Waals surface area (Å²) in [5, 5.41) is 5.64. The van der Waals surface area contributed by atoms with E-state index in [0.29, 0.717) is 38.8 Å². The second-order valence-electron chi connectivity index (χ2n) is 6.05. The molecule has 1 aromatic carbocycles. The highest BCUT2D eigenvalue weighted by atomic mass is 35.5. The van der Waals surface area contributed by atoms with Crippen LogP contribution in [0.3, 0.4) is 0 Å². The number of anilines is 2. The third-order valence-corrected chi connectivity index (χ3v) is 5.56. The van der Waals surface area contributed by atoms with Crippen LogP contribution >= 0.6 is 34.5 Å². The van der Waals surface area contributed by atoms with Crippen LogP contribution in [0.4, 0.5) is 11.4 Å². The molecule has 0 spiro atoms. The van der Waals surface area contributed by atoms with Gasteiger partial charge in [0.2, 0.25) is 5.91 Å². The first-order valence-electron chi connectivity index (χ1n) is 8.40. The lowest BCUT2D eigenvalue weighted by Crippen LogP contribution is -2.42. The first-order valence-corrected chi connectivity index (χ1v) is 9.97. The zero-order valence-corrected chi connectivity index (χ0v) is 17.2. The van der Waals surface area contributed by atoms with E-state index in [1.807, 2.05) is 0 Å². The smallest absolute Gasteiger partial charge is 0.262 e. The number of nitrogens with zero attached hydrogens (tertiary/aromatic N) is 1. The van der Waals surface area contributed by atoms with Crippen LogP contribution in [-0.4, -0.2) is 43.5 Å². The van der Waals surface area contributed by atoms with Crippen molar-refractivity contribution in [2.24, 2.45) is 0 Å². The number of ether oxygens (including phenoxy) is 1. The van der Waals surface area contributed by atoms with Gasteiger partial charge in [-0.25, -0.2) is 0 Å². The third kappa shape index (κ3) is 4.82. The summed E-state index contributed by atoms with van der Waals surface area (Å²) in [6, 6.07) is 7.32. The molecule has 0 radical (unpaired) electrons. The summed E-state index contributed by atoms with van der Waals surface area (Å²) in [5.74, 6) is -0.948. The van der Waals surface area contributed by atoms with Crippen LogP contribution in [0, 0.1) is 0 Å². The summed E-state index contributed by atoms with van der Waals surface area (Å²) >= 11 is 13.2. The number of amides is 3. The molecule has 28 heavy (non-hydrogen) atoms. The van der Waals surface area contributed by atoms with Crippen molar-refractivity contribution in [1.82, 2.24) is 5.32 Å². The van der Waals surface area contributed by atoms with Crippen LogP contribution in [0.1, 0.15) is 16.6 Å². The molecular formula is C18H17Cl2N3O4S. The Bertz CT molecular complexity index is 918. The lowest BCUT2D eigenvalue weighted by Gasteiger charge is -2.27. The van der Waals surface area contributed by atoms with Crippen molar-refractivity contribution in [3.8, 4) is 0 Å². The van der Waals surface area contributed by atoms with Crippen molar-refractivity contribution in [2.45, 2.75) is 13.0 Å². The fourth-order valence-electron chi connectivity index (χ4n) is 2.60. The summed E-state index contributed by atoms with van der Waals surface area (Å²) < 4.78 is 5.60. The minimum atomic E-state index is -0.771. The van der Waals surface area contributed by atoms with Crippen molar-refractivity contribution >= 4 is 63.6 Å². The number of carbonyl (C=O) groups is 3. The van der Waals surface area contributed by atoms with E-state index >= 15 is 0 Å². The van der Waals surface area contributed by atoms with E-state index < -0.39 is 11.9 Å². The Hall–Kier alpha value is -2.13. The lowest BCUT2D eigenvalue weighted by atomic mass is 10.2. The van der Waals surface area contributed by atoms with E-state index in [9.17, 15) is 14.4 Å². The molecule has 10 heteroatoms. The van der Waals surface area contributed by atoms with Crippen LogP contribution in [0.15, 0.2) is 30.3 Å². The van der Waals surface area contributed by atoms with Gasteiger partial charge in [0.1, 0.15) is 12.6 Å². The highest BCUT2D eigenvalue weighted by Crippen LogP contribution is 2.30. The predicted octanol–water partition coefficient (Wildman–Crippen LogP) is 3.18. The Morgan fingerprint density at radius 2 is 2.04 bits per heavy atom. The molecule has 7 nitrogen and oxygen atoms in total. The largest absolute Gasteiger partial charge is 0.370 e. The molecule has 1 fully saturated rings. The van der Waals surface area contributed by atoms with Crippen LogP contribution in [0.5, 0.6) is 0 Å². The highest BCUT2D eigenvalue weighted by molar-refractivity contribution is 7.18. The molecular weight excluding hydrogens is 425 g/mol. The number of benzene rings is 1. The quantitative estimate of drug-likeness (QED) is 0.745. The number of hydrogen-bond donors (Lipinski definition) is 2. The standard InChI is InChI=1S/C18H17Cl2N3O4S/c1-10(21-18(26)14-4-5-15(20)28-14)17(25)22-11-2-3-13(12(19)8-11)23-6-7-27-9-16(23)24/h2-5,8,10H,6-7,9H2,1H3,(H,21,26)(H,22,25)/t10-/m1/s1. The van der Waals surface area contributed by atoms with Crippen molar-refractivity contribution in [3.05, 3.63) is 44.6 Å². The molecule has 2 heterocycles. The van der Waals surface area contributed by atoms with Crippen LogP contribution < -0.4 is 15.5 Å². The average molecular weight is 442 g/mol. The number of rotatable bonds is 5. The van der Waals surface area contributed by atoms with Gasteiger partial charge in [0.15, 0.2) is 0 Å². The van der Waals surface area contributed by atoms with Crippen molar-refractivity contribution in [2.75, 3.05) is 30.0 Å². The average Bonchev–Trinajstić information content (AvgIpc) is 3.09. The minimum Gasteiger partial charge on any atom is -0.370 e. The summed E-state index contributed by atoms with van der Waals surface area (Å²) in [7, 11) is 0. The maximum Gasteiger partial charge on any atom is 0.262 e. The van der Waals surface area contributed by atoms with Crippen LogP contribution in [0.25, 0.3) is 0 Å². The Balaban J connectivity index is 1.62. The Morgan fingerprint density at radius 3 is 2.68 bits per heavy atom. The fraction of sp³-hybridized carbons (Fsp3) is 0.278. The first-order chi connectivity index (χ1) is 13.3. The van der Waals surface area contributed by atoms with Gasteiger partial charge in [0.25, 0.3) is 11.8 Å². The molecule has 3 amide bonds. The number of carbonyl (C=O) groups excluding carboxylic acids is 3. The normalized spacial score (nSPS) is 15.2. The molecule has 1 saturated heterocycles. The molecule has 2 N–H and O–H groups in total. The number of nitrogens with one attached hydrogen (secondary N) is 2. The third-order valence-electron chi connectivity index (χ3n) is 4.03. The Kier molecular flexibility index (Phi) is 6.56. The maximum atomic E-state index is 12.4. The van der Waals surface area contributed by atoms with E-state index in [1.165, 1.54) is 0 Å². The molecule has 1 atom stereocenters. The second-order valence-corrected chi connectivity index (χ2v) is 8.17. The van der Waals surface area contributed by atoms with Crippen molar-refractivity contribution in [1.29, 1.82) is 0 Å². The number of hydrogen-bond acceptors (Lipinski definition) is 5. The van der Waals surface area contributed by atoms with Gasteiger partial charge in [-0.1, -0.05) is 23.2 Å². The topological polar surface area (TPSA) is 87.7 Å². The SMILES string of the molecule is C[C@@H](NC(=O)c1ccc(Cl)s1)C(=O)Nc1ccc(N2CCOCC2=O)c(Cl)c1. The number of thiophene rings is 1. The van der Waals surface area contributed by atoms with Gasteiger partial charge in [0, 0.05) is 12.2 Å². The van der Waals surface area contributed by atoms with E-state index in [1.54, 1.807) is 42.2 Å². The molecule has 0 bridgehead atoms. The summed E-state index contributed by atoms with van der Waals surface area (Å²) in [4.78, 5) is 38.4. The van der Waals surface area contributed by atoms with Gasteiger partial charge in [-0.05, 0) is 37.3 Å². The lowest BCUT2D eigenvalue weighted by molar-refractivity contribution is -0.125. The zero-order chi connectivity index (χ0) is 20.3. The number of halogens is 2. The first kappa shape index (κ1) is 20.6. The summed E-state index contributed by atoms with van der Waals surface area (Å²) in [6.07, 6.45) is 0.